The van der Waals surface area contributed by atoms with Gasteiger partial charge in [-0.15, -0.1) is 0 Å². The number of aliphatic hydroxyl groups excluding tert-OH is 2. The molecule has 1 aromatic rings. The van der Waals surface area contributed by atoms with Crippen molar-refractivity contribution < 1.29 is 49.1 Å². The Morgan fingerprint density at radius 1 is 1.14 bits per heavy atom. The van der Waals surface area contributed by atoms with Gasteiger partial charge in [0.1, 0.15) is 34.7 Å². The quantitative estimate of drug-likeness (QED) is 0.286. The van der Waals surface area contributed by atoms with Gasteiger partial charge < -0.3 is 35.7 Å². The van der Waals surface area contributed by atoms with Crippen molar-refractivity contribution in [1.29, 1.82) is 0 Å². The number of hydrogen-bond donors (Lipinski definition) is 5. The molecular weight excluding hydrogens is 474 g/mol. The number of fused-ring (bicyclic) bond motifs is 3. The van der Waals surface area contributed by atoms with Crippen LogP contribution in [-0.2, 0) is 28.7 Å². The van der Waals surface area contributed by atoms with E-state index in [1.807, 2.05) is 0 Å². The zero-order valence-corrected chi connectivity index (χ0v) is 19.5. The number of esters is 1. The standard InChI is InChI=1S/C25H25NO10/c1-9(27)6-7-15(30)36-21-12-8-14(29)18(24(26)34)22(32)25(12,35)23(33)19-16(21)10(2)11-4-3-5-13(28)17(11)20(19)31/h3-5,10,12,16,21,28,31-32,35H,6-8H2,1-2H3,(H2,26,34). The second-order valence-electron chi connectivity index (χ2n) is 9.39. The monoisotopic (exact) mass is 499 g/mol. The highest BCUT2D eigenvalue weighted by Crippen LogP contribution is 2.56. The van der Waals surface area contributed by atoms with Crippen LogP contribution in [0.1, 0.15) is 50.2 Å². The number of carbonyl (C=O) groups is 5. The van der Waals surface area contributed by atoms with E-state index >= 15 is 0 Å². The van der Waals surface area contributed by atoms with Gasteiger partial charge in [0.15, 0.2) is 11.4 Å². The molecule has 1 saturated carbocycles. The van der Waals surface area contributed by atoms with Crippen molar-refractivity contribution in [1.82, 2.24) is 0 Å². The van der Waals surface area contributed by atoms with Crippen LogP contribution < -0.4 is 5.73 Å². The summed E-state index contributed by atoms with van der Waals surface area (Å²) in [6, 6.07) is 4.41. The van der Waals surface area contributed by atoms with Crippen molar-refractivity contribution in [2.75, 3.05) is 0 Å². The van der Waals surface area contributed by atoms with E-state index in [1.165, 1.54) is 19.1 Å². The zero-order chi connectivity index (χ0) is 26.7. The normalized spacial score (nSPS) is 29.3. The molecule has 0 aliphatic heterocycles. The molecule has 1 fully saturated rings. The molecule has 0 aromatic heterocycles. The summed E-state index contributed by atoms with van der Waals surface area (Å²) in [5, 5.41) is 43.9. The number of ketones is 3. The maximum Gasteiger partial charge on any atom is 0.306 e. The van der Waals surface area contributed by atoms with E-state index in [9.17, 15) is 44.4 Å². The molecule has 1 amide bonds. The predicted molar refractivity (Wildman–Crippen MR) is 121 cm³/mol. The lowest BCUT2D eigenvalue weighted by Crippen LogP contribution is -2.64. The Bertz CT molecular complexity index is 1290. The molecule has 6 N–H and O–H groups in total. The number of carbonyl (C=O) groups excluding carboxylic acids is 5. The van der Waals surface area contributed by atoms with E-state index in [1.54, 1.807) is 13.0 Å². The summed E-state index contributed by atoms with van der Waals surface area (Å²) in [5.41, 5.74) is 1.23. The third-order valence-electron chi connectivity index (χ3n) is 7.28. The smallest absolute Gasteiger partial charge is 0.306 e. The summed E-state index contributed by atoms with van der Waals surface area (Å²) in [7, 11) is 0. The second kappa shape index (κ2) is 8.59. The topological polar surface area (TPSA) is 202 Å². The minimum atomic E-state index is -2.93. The molecule has 3 aliphatic carbocycles. The maximum absolute atomic E-state index is 13.7. The SMILES string of the molecule is CC(=O)CCC(=O)OC1C2C(=C(O)c3c(O)cccc3C2C)C(=O)C2(O)C(O)=C(C(N)=O)C(=O)CC12. The first-order valence-electron chi connectivity index (χ1n) is 11.3. The minimum Gasteiger partial charge on any atom is -0.508 e. The molecule has 3 aliphatic rings. The van der Waals surface area contributed by atoms with Gasteiger partial charge in [0, 0.05) is 30.3 Å². The van der Waals surface area contributed by atoms with Crippen LogP contribution in [0.25, 0.3) is 5.76 Å². The average Bonchev–Trinajstić information content (AvgIpc) is 2.79. The van der Waals surface area contributed by atoms with Crippen LogP contribution in [0.3, 0.4) is 0 Å². The summed E-state index contributed by atoms with van der Waals surface area (Å²) in [5.74, 6) is -10.3. The van der Waals surface area contributed by atoms with Gasteiger partial charge in [0.2, 0.25) is 5.78 Å². The van der Waals surface area contributed by atoms with Crippen molar-refractivity contribution in [2.45, 2.75) is 50.7 Å². The number of aromatic hydroxyl groups is 1. The molecule has 11 nitrogen and oxygen atoms in total. The van der Waals surface area contributed by atoms with E-state index in [2.05, 4.69) is 0 Å². The second-order valence-corrected chi connectivity index (χ2v) is 9.39. The van der Waals surface area contributed by atoms with Crippen LogP contribution in [0.5, 0.6) is 5.75 Å². The first-order valence-corrected chi connectivity index (χ1v) is 11.3. The molecule has 0 heterocycles. The first kappa shape index (κ1) is 25.1. The van der Waals surface area contributed by atoms with Gasteiger partial charge in [0.05, 0.1) is 12.0 Å². The number of ether oxygens (including phenoxy) is 1. The fourth-order valence-electron chi connectivity index (χ4n) is 5.57. The van der Waals surface area contributed by atoms with Crippen molar-refractivity contribution in [3.8, 4) is 5.75 Å². The van der Waals surface area contributed by atoms with Crippen molar-refractivity contribution >= 4 is 35.0 Å². The van der Waals surface area contributed by atoms with E-state index in [4.69, 9.17) is 10.5 Å². The number of aliphatic hydroxyl groups is 3. The number of nitrogens with two attached hydrogens (primary N) is 1. The summed E-state index contributed by atoms with van der Waals surface area (Å²) in [6.45, 7) is 2.93. The largest absolute Gasteiger partial charge is 0.508 e. The van der Waals surface area contributed by atoms with Crippen LogP contribution >= 0.6 is 0 Å². The highest BCUT2D eigenvalue weighted by Gasteiger charge is 2.66. The molecule has 0 saturated heterocycles. The van der Waals surface area contributed by atoms with Gasteiger partial charge in [-0.05, 0) is 24.5 Å². The number of phenolic OH excluding ortho intramolecular Hbond substituents is 1. The Hall–Kier alpha value is -3.99. The van der Waals surface area contributed by atoms with Gasteiger partial charge in [-0.1, -0.05) is 19.1 Å². The van der Waals surface area contributed by atoms with Crippen LogP contribution in [-0.4, -0.2) is 61.4 Å². The Morgan fingerprint density at radius 2 is 1.81 bits per heavy atom. The molecular formula is C25H25NO10. The Labute approximate surface area is 204 Å². The summed E-state index contributed by atoms with van der Waals surface area (Å²) in [4.78, 5) is 62.4. The fourth-order valence-corrected chi connectivity index (χ4v) is 5.57. The summed E-state index contributed by atoms with van der Waals surface area (Å²) < 4.78 is 5.64. The number of phenols is 1. The predicted octanol–water partition coefficient (Wildman–Crippen LogP) is 0.876. The zero-order valence-electron chi connectivity index (χ0n) is 19.5. The molecule has 0 bridgehead atoms. The number of hydrogen-bond acceptors (Lipinski definition) is 10. The average molecular weight is 499 g/mol. The van der Waals surface area contributed by atoms with Crippen LogP contribution in [0, 0.1) is 11.8 Å². The first-order chi connectivity index (χ1) is 16.8. The van der Waals surface area contributed by atoms with Crippen molar-refractivity contribution in [3.05, 3.63) is 46.2 Å². The van der Waals surface area contributed by atoms with Gasteiger partial charge >= 0.3 is 5.97 Å². The third-order valence-corrected chi connectivity index (χ3v) is 7.28. The molecule has 0 radical (unpaired) electrons. The molecule has 1 aromatic carbocycles. The lowest BCUT2D eigenvalue weighted by atomic mass is 9.55. The van der Waals surface area contributed by atoms with E-state index in [0.29, 0.717) is 5.56 Å². The Balaban J connectivity index is 1.96. The molecule has 5 atom stereocenters. The number of Topliss-reactive ketones (excluding diaryl/α,β-unsaturated/α-hetero) is 3. The van der Waals surface area contributed by atoms with Crippen molar-refractivity contribution in [3.63, 3.8) is 0 Å². The third kappa shape index (κ3) is 3.49. The van der Waals surface area contributed by atoms with Gasteiger partial charge in [0.25, 0.3) is 5.91 Å². The molecule has 5 unspecified atom stereocenters. The molecule has 190 valence electrons. The van der Waals surface area contributed by atoms with E-state index in [-0.39, 0.29) is 29.9 Å². The fraction of sp³-hybridized carbons (Fsp3) is 0.400. The van der Waals surface area contributed by atoms with Gasteiger partial charge in [-0.25, -0.2) is 0 Å². The van der Waals surface area contributed by atoms with E-state index < -0.39 is 82.0 Å². The number of rotatable bonds is 5. The highest BCUT2D eigenvalue weighted by atomic mass is 16.5. The van der Waals surface area contributed by atoms with Crippen LogP contribution in [0.4, 0.5) is 0 Å². The molecule has 0 spiro atoms. The van der Waals surface area contributed by atoms with Crippen LogP contribution in [0.15, 0.2) is 35.1 Å². The lowest BCUT2D eigenvalue weighted by Gasteiger charge is -2.51. The van der Waals surface area contributed by atoms with Crippen LogP contribution in [0.2, 0.25) is 0 Å². The lowest BCUT2D eigenvalue weighted by molar-refractivity contribution is -0.178. The minimum absolute atomic E-state index is 0.0706. The van der Waals surface area contributed by atoms with E-state index in [0.717, 1.165) is 0 Å². The van der Waals surface area contributed by atoms with Crippen molar-refractivity contribution in [2.24, 2.45) is 17.6 Å². The highest BCUT2D eigenvalue weighted by molar-refractivity contribution is 6.23. The molecule has 36 heavy (non-hydrogen) atoms. The number of benzene rings is 1. The van der Waals surface area contributed by atoms with Gasteiger partial charge in [-0.2, -0.15) is 0 Å². The van der Waals surface area contributed by atoms with Gasteiger partial charge in [-0.3, -0.25) is 19.2 Å². The molecule has 4 rings (SSSR count). The number of amides is 1. The summed E-state index contributed by atoms with van der Waals surface area (Å²) in [6.07, 6.45) is -2.56. The molecule has 11 heteroatoms. The maximum atomic E-state index is 13.7. The number of primary amides is 1. The summed E-state index contributed by atoms with van der Waals surface area (Å²) >= 11 is 0. The Morgan fingerprint density at radius 3 is 2.42 bits per heavy atom. The Kier molecular flexibility index (Phi) is 5.99.